The molecule has 17 heavy (non-hydrogen) atoms. The summed E-state index contributed by atoms with van der Waals surface area (Å²) in [6, 6.07) is 10.4. The van der Waals surface area contributed by atoms with E-state index in [0.717, 1.165) is 18.5 Å². The number of halogens is 1. The molecule has 1 nitrogen and oxygen atoms in total. The Morgan fingerprint density at radius 2 is 1.47 bits per heavy atom. The van der Waals surface area contributed by atoms with E-state index in [9.17, 15) is 0 Å². The standard InChI is InChI=1S/C15H23BrO/c16-12-8-3-1-2-4-9-13-17-14-15-10-6-5-7-11-15/h5-7,10-11H,1-4,8-9,12-14H2. The van der Waals surface area contributed by atoms with Gasteiger partial charge in [-0.2, -0.15) is 0 Å². The number of alkyl halides is 1. The summed E-state index contributed by atoms with van der Waals surface area (Å²) in [7, 11) is 0. The normalized spacial score (nSPS) is 10.6. The summed E-state index contributed by atoms with van der Waals surface area (Å²) < 4.78 is 5.64. The van der Waals surface area contributed by atoms with Gasteiger partial charge in [0.1, 0.15) is 0 Å². The third-order valence-electron chi connectivity index (χ3n) is 2.78. The maximum Gasteiger partial charge on any atom is 0.0716 e. The van der Waals surface area contributed by atoms with Crippen molar-refractivity contribution in [3.63, 3.8) is 0 Å². The highest BCUT2D eigenvalue weighted by Crippen LogP contribution is 2.07. The highest BCUT2D eigenvalue weighted by atomic mass is 79.9. The van der Waals surface area contributed by atoms with E-state index in [0.29, 0.717) is 0 Å². The summed E-state index contributed by atoms with van der Waals surface area (Å²) in [5, 5.41) is 1.15. The highest BCUT2D eigenvalue weighted by molar-refractivity contribution is 9.09. The molecule has 0 saturated carbocycles. The Balaban J connectivity index is 1.85. The molecule has 0 bridgehead atoms. The van der Waals surface area contributed by atoms with Crippen molar-refractivity contribution in [3.8, 4) is 0 Å². The van der Waals surface area contributed by atoms with E-state index in [1.807, 2.05) is 6.07 Å². The molecule has 0 heterocycles. The molecule has 0 N–H and O–H groups in total. The second kappa shape index (κ2) is 10.8. The van der Waals surface area contributed by atoms with Gasteiger partial charge in [-0.15, -0.1) is 0 Å². The Kier molecular flexibility index (Phi) is 9.34. The van der Waals surface area contributed by atoms with Crippen LogP contribution in [0, 0.1) is 0 Å². The third kappa shape index (κ3) is 8.39. The van der Waals surface area contributed by atoms with Crippen molar-refractivity contribution >= 4 is 15.9 Å². The van der Waals surface area contributed by atoms with Gasteiger partial charge in [0, 0.05) is 11.9 Å². The van der Waals surface area contributed by atoms with E-state index < -0.39 is 0 Å². The molecule has 0 amide bonds. The molecule has 1 rings (SSSR count). The van der Waals surface area contributed by atoms with Gasteiger partial charge in [0.2, 0.25) is 0 Å². The lowest BCUT2D eigenvalue weighted by molar-refractivity contribution is 0.116. The number of unbranched alkanes of at least 4 members (excludes halogenated alkanes) is 5. The lowest BCUT2D eigenvalue weighted by Crippen LogP contribution is -1.95. The quantitative estimate of drug-likeness (QED) is 0.439. The van der Waals surface area contributed by atoms with Crippen molar-refractivity contribution in [1.82, 2.24) is 0 Å². The van der Waals surface area contributed by atoms with Crippen LogP contribution < -0.4 is 0 Å². The van der Waals surface area contributed by atoms with Crippen molar-refractivity contribution < 1.29 is 4.74 Å². The van der Waals surface area contributed by atoms with Crippen LogP contribution in [0.2, 0.25) is 0 Å². The average Bonchev–Trinajstić information content (AvgIpc) is 2.38. The number of benzene rings is 1. The summed E-state index contributed by atoms with van der Waals surface area (Å²) in [5.74, 6) is 0. The molecule has 96 valence electrons. The Hall–Kier alpha value is -0.340. The fourth-order valence-corrected chi connectivity index (χ4v) is 2.17. The largest absolute Gasteiger partial charge is 0.377 e. The Bertz CT molecular complexity index is 261. The van der Waals surface area contributed by atoms with E-state index in [1.165, 1.54) is 44.1 Å². The molecule has 0 radical (unpaired) electrons. The van der Waals surface area contributed by atoms with E-state index in [2.05, 4.69) is 40.2 Å². The van der Waals surface area contributed by atoms with Crippen molar-refractivity contribution in [2.24, 2.45) is 0 Å². The number of ether oxygens (including phenoxy) is 1. The molecule has 0 atom stereocenters. The van der Waals surface area contributed by atoms with Gasteiger partial charge < -0.3 is 4.74 Å². The van der Waals surface area contributed by atoms with Crippen molar-refractivity contribution in [1.29, 1.82) is 0 Å². The lowest BCUT2D eigenvalue weighted by atomic mass is 10.1. The Morgan fingerprint density at radius 1 is 0.824 bits per heavy atom. The second-order valence-electron chi connectivity index (χ2n) is 4.35. The number of hydrogen-bond acceptors (Lipinski definition) is 1. The molecule has 0 unspecified atom stereocenters. The smallest absolute Gasteiger partial charge is 0.0716 e. The second-order valence-corrected chi connectivity index (χ2v) is 5.14. The molecule has 1 aromatic carbocycles. The zero-order valence-corrected chi connectivity index (χ0v) is 12.1. The van der Waals surface area contributed by atoms with Gasteiger partial charge in [-0.1, -0.05) is 71.9 Å². The molecule has 0 spiro atoms. The maximum absolute atomic E-state index is 5.64. The number of hydrogen-bond donors (Lipinski definition) is 0. The van der Waals surface area contributed by atoms with Crippen LogP contribution in [0.5, 0.6) is 0 Å². The predicted molar refractivity (Wildman–Crippen MR) is 77.6 cm³/mol. The first-order chi connectivity index (χ1) is 8.43. The van der Waals surface area contributed by atoms with Crippen molar-refractivity contribution in [2.45, 2.75) is 45.1 Å². The zero-order valence-electron chi connectivity index (χ0n) is 10.5. The van der Waals surface area contributed by atoms with E-state index in [1.54, 1.807) is 0 Å². The van der Waals surface area contributed by atoms with Crippen LogP contribution >= 0.6 is 15.9 Å². The fraction of sp³-hybridized carbons (Fsp3) is 0.600. The average molecular weight is 299 g/mol. The van der Waals surface area contributed by atoms with Crippen LogP contribution in [0.15, 0.2) is 30.3 Å². The van der Waals surface area contributed by atoms with E-state index in [-0.39, 0.29) is 0 Å². The van der Waals surface area contributed by atoms with Crippen LogP contribution in [-0.2, 0) is 11.3 Å². The minimum absolute atomic E-state index is 0.754. The maximum atomic E-state index is 5.64. The van der Waals surface area contributed by atoms with E-state index in [4.69, 9.17) is 4.74 Å². The molecule has 2 heteroatoms. The first kappa shape index (κ1) is 14.7. The molecule has 0 aromatic heterocycles. The summed E-state index contributed by atoms with van der Waals surface area (Å²) in [6.07, 6.45) is 7.88. The molecule has 0 aliphatic heterocycles. The Morgan fingerprint density at radius 3 is 2.18 bits per heavy atom. The molecule has 0 aliphatic rings. The third-order valence-corrected chi connectivity index (χ3v) is 3.34. The van der Waals surface area contributed by atoms with Gasteiger partial charge in [-0.3, -0.25) is 0 Å². The summed E-state index contributed by atoms with van der Waals surface area (Å²) in [5.41, 5.74) is 1.27. The molecular formula is C15H23BrO. The first-order valence-corrected chi connectivity index (χ1v) is 7.73. The summed E-state index contributed by atoms with van der Waals surface area (Å²) >= 11 is 3.45. The van der Waals surface area contributed by atoms with Crippen LogP contribution in [0.25, 0.3) is 0 Å². The Labute approximate surface area is 114 Å². The fourth-order valence-electron chi connectivity index (χ4n) is 1.77. The van der Waals surface area contributed by atoms with Gasteiger partial charge in [-0.25, -0.2) is 0 Å². The van der Waals surface area contributed by atoms with Crippen molar-refractivity contribution in [3.05, 3.63) is 35.9 Å². The first-order valence-electron chi connectivity index (χ1n) is 6.61. The van der Waals surface area contributed by atoms with Gasteiger partial charge in [0.25, 0.3) is 0 Å². The molecule has 0 aliphatic carbocycles. The van der Waals surface area contributed by atoms with Crippen molar-refractivity contribution in [2.75, 3.05) is 11.9 Å². The zero-order chi connectivity index (χ0) is 12.2. The molecule has 1 aromatic rings. The molecule has 0 saturated heterocycles. The highest BCUT2D eigenvalue weighted by Gasteiger charge is 1.93. The SMILES string of the molecule is BrCCCCCCCCOCc1ccccc1. The molecule has 0 fully saturated rings. The topological polar surface area (TPSA) is 9.23 Å². The van der Waals surface area contributed by atoms with E-state index >= 15 is 0 Å². The van der Waals surface area contributed by atoms with Gasteiger partial charge >= 0.3 is 0 Å². The minimum Gasteiger partial charge on any atom is -0.377 e. The predicted octanol–water partition coefficient (Wildman–Crippen LogP) is 4.94. The lowest BCUT2D eigenvalue weighted by Gasteiger charge is -2.04. The summed E-state index contributed by atoms with van der Waals surface area (Å²) in [6.45, 7) is 1.65. The minimum atomic E-state index is 0.754. The van der Waals surface area contributed by atoms with Gasteiger partial charge in [0.15, 0.2) is 0 Å². The van der Waals surface area contributed by atoms with Gasteiger partial charge in [0.05, 0.1) is 6.61 Å². The number of rotatable bonds is 10. The van der Waals surface area contributed by atoms with Crippen LogP contribution in [0.3, 0.4) is 0 Å². The van der Waals surface area contributed by atoms with Crippen LogP contribution in [0.4, 0.5) is 0 Å². The molecular weight excluding hydrogens is 276 g/mol. The van der Waals surface area contributed by atoms with Crippen LogP contribution in [-0.4, -0.2) is 11.9 Å². The van der Waals surface area contributed by atoms with Crippen LogP contribution in [0.1, 0.15) is 44.1 Å². The van der Waals surface area contributed by atoms with Gasteiger partial charge in [-0.05, 0) is 18.4 Å². The summed E-state index contributed by atoms with van der Waals surface area (Å²) in [4.78, 5) is 0. The monoisotopic (exact) mass is 298 g/mol.